The molecule has 0 spiro atoms. The van der Waals surface area contributed by atoms with Gasteiger partial charge in [-0.15, -0.1) is 0 Å². The number of nitrogens with zero attached hydrogens (tertiary/aromatic N) is 2. The number of oxazole rings is 1. The first kappa shape index (κ1) is 18.3. The van der Waals surface area contributed by atoms with Crippen molar-refractivity contribution in [2.75, 3.05) is 19.3 Å². The highest BCUT2D eigenvalue weighted by atomic mass is 79.9. The Bertz CT molecular complexity index is 857. The molecule has 6 nitrogen and oxygen atoms in total. The van der Waals surface area contributed by atoms with Crippen molar-refractivity contribution in [2.45, 2.75) is 24.3 Å². The molecule has 1 fully saturated rings. The topological polar surface area (TPSA) is 80.5 Å². The summed E-state index contributed by atoms with van der Waals surface area (Å²) in [5.41, 5.74) is 0.781. The average Bonchev–Trinajstić information content (AvgIpc) is 3.10. The number of ketones is 1. The van der Waals surface area contributed by atoms with E-state index in [9.17, 15) is 13.2 Å². The number of hydrogen-bond acceptors (Lipinski definition) is 6. The second-order valence-corrected chi connectivity index (χ2v) is 9.18. The maximum Gasteiger partial charge on any atom is 0.263 e. The number of likely N-dealkylation sites (tertiary alicyclic amines) is 1. The van der Waals surface area contributed by atoms with Gasteiger partial charge in [-0.1, -0.05) is 22.0 Å². The Morgan fingerprint density at radius 2 is 2.08 bits per heavy atom. The highest BCUT2D eigenvalue weighted by molar-refractivity contribution is 9.10. The highest BCUT2D eigenvalue weighted by Crippen LogP contribution is 2.26. The summed E-state index contributed by atoms with van der Waals surface area (Å²) in [5, 5.41) is 0. The molecule has 2 heterocycles. The van der Waals surface area contributed by atoms with Crippen LogP contribution in [-0.2, 0) is 16.4 Å². The molecule has 1 saturated heterocycles. The first-order valence-corrected chi connectivity index (χ1v) is 10.7. The third kappa shape index (κ3) is 4.37. The van der Waals surface area contributed by atoms with Crippen LogP contribution in [0.15, 0.2) is 44.4 Å². The number of halogens is 1. The Balaban J connectivity index is 1.66. The van der Waals surface area contributed by atoms with Crippen LogP contribution in [0, 0.1) is 5.92 Å². The molecule has 1 aromatic carbocycles. The van der Waals surface area contributed by atoms with Gasteiger partial charge in [0.1, 0.15) is 6.26 Å². The molecule has 0 radical (unpaired) electrons. The van der Waals surface area contributed by atoms with Gasteiger partial charge in [0.2, 0.25) is 5.78 Å². The highest BCUT2D eigenvalue weighted by Gasteiger charge is 2.28. The van der Waals surface area contributed by atoms with Gasteiger partial charge >= 0.3 is 0 Å². The van der Waals surface area contributed by atoms with E-state index in [1.54, 1.807) is 6.07 Å². The monoisotopic (exact) mass is 426 g/mol. The summed E-state index contributed by atoms with van der Waals surface area (Å²) in [5.74, 6) is 0.0324. The lowest BCUT2D eigenvalue weighted by molar-refractivity contribution is 0.0798. The van der Waals surface area contributed by atoms with Crippen molar-refractivity contribution in [1.29, 1.82) is 0 Å². The molecule has 0 amide bonds. The van der Waals surface area contributed by atoms with Crippen LogP contribution in [-0.4, -0.2) is 43.4 Å². The molecule has 8 heteroatoms. The van der Waals surface area contributed by atoms with E-state index >= 15 is 0 Å². The first-order valence-electron chi connectivity index (χ1n) is 7.99. The van der Waals surface area contributed by atoms with Crippen molar-refractivity contribution in [3.63, 3.8) is 0 Å². The van der Waals surface area contributed by atoms with E-state index in [0.717, 1.165) is 23.1 Å². The van der Waals surface area contributed by atoms with Crippen LogP contribution in [0.5, 0.6) is 0 Å². The minimum Gasteiger partial charge on any atom is -0.442 e. The smallest absolute Gasteiger partial charge is 0.263 e. The maximum absolute atomic E-state index is 12.3. The van der Waals surface area contributed by atoms with E-state index < -0.39 is 9.84 Å². The molecule has 0 saturated carbocycles. The molecule has 3 rings (SSSR count). The van der Waals surface area contributed by atoms with Crippen molar-refractivity contribution in [2.24, 2.45) is 5.92 Å². The molecule has 0 unspecified atom stereocenters. The molecule has 0 N–H and O–H groups in total. The maximum atomic E-state index is 12.3. The molecule has 0 bridgehead atoms. The lowest BCUT2D eigenvalue weighted by atomic mass is 9.92. The lowest BCUT2D eigenvalue weighted by Crippen LogP contribution is -2.36. The van der Waals surface area contributed by atoms with Crippen LogP contribution in [0.3, 0.4) is 0 Å². The Hall–Kier alpha value is -1.51. The summed E-state index contributed by atoms with van der Waals surface area (Å²) < 4.78 is 29.9. The van der Waals surface area contributed by atoms with Crippen molar-refractivity contribution in [3.8, 4) is 0 Å². The van der Waals surface area contributed by atoms with Crippen LogP contribution >= 0.6 is 15.9 Å². The van der Waals surface area contributed by atoms with E-state index in [-0.39, 0.29) is 17.6 Å². The fraction of sp³-hybridized carbons (Fsp3) is 0.412. The molecular weight excluding hydrogens is 408 g/mol. The van der Waals surface area contributed by atoms with Gasteiger partial charge in [-0.25, -0.2) is 13.4 Å². The molecule has 25 heavy (non-hydrogen) atoms. The summed E-state index contributed by atoms with van der Waals surface area (Å²) in [6, 6.07) is 5.33. The normalized spacial score (nSPS) is 16.9. The summed E-state index contributed by atoms with van der Waals surface area (Å²) >= 11 is 3.33. The fourth-order valence-corrected chi connectivity index (χ4v) is 4.58. The number of sulfone groups is 1. The van der Waals surface area contributed by atoms with Crippen molar-refractivity contribution < 1.29 is 17.6 Å². The predicted molar refractivity (Wildman–Crippen MR) is 96.1 cm³/mol. The zero-order valence-corrected chi connectivity index (χ0v) is 16.2. The summed E-state index contributed by atoms with van der Waals surface area (Å²) in [6.45, 7) is 2.02. The molecular formula is C17H19BrN2O4S. The van der Waals surface area contributed by atoms with Crippen LogP contribution in [0.4, 0.5) is 0 Å². The predicted octanol–water partition coefficient (Wildman–Crippen LogP) is 2.94. The summed E-state index contributed by atoms with van der Waals surface area (Å²) in [4.78, 5) is 18.7. The van der Waals surface area contributed by atoms with Crippen LogP contribution in [0.25, 0.3) is 0 Å². The summed E-state index contributed by atoms with van der Waals surface area (Å²) in [7, 11) is -3.29. The van der Waals surface area contributed by atoms with E-state index in [0.29, 0.717) is 24.3 Å². The van der Waals surface area contributed by atoms with Crippen molar-refractivity contribution >= 4 is 31.6 Å². The van der Waals surface area contributed by atoms with Crippen molar-refractivity contribution in [3.05, 3.63) is 46.6 Å². The number of hydrogen-bond donors (Lipinski definition) is 0. The number of piperidine rings is 1. The fourth-order valence-electron chi connectivity index (χ4n) is 3.12. The number of rotatable bonds is 5. The molecule has 1 aliphatic heterocycles. The molecule has 1 aliphatic rings. The van der Waals surface area contributed by atoms with E-state index in [1.165, 1.54) is 18.7 Å². The third-order valence-electron chi connectivity index (χ3n) is 4.42. The lowest BCUT2D eigenvalue weighted by Gasteiger charge is -2.31. The van der Waals surface area contributed by atoms with Gasteiger partial charge in [0.15, 0.2) is 9.84 Å². The summed E-state index contributed by atoms with van der Waals surface area (Å²) in [6.07, 6.45) is 5.53. The molecule has 134 valence electrons. The SMILES string of the molecule is CS(=O)(=O)c1cc(Br)ccc1CN1CCC(C(=O)c2ncco2)CC1. The molecule has 0 aliphatic carbocycles. The van der Waals surface area contributed by atoms with Crippen LogP contribution in [0.1, 0.15) is 29.1 Å². The van der Waals surface area contributed by atoms with Crippen molar-refractivity contribution in [1.82, 2.24) is 9.88 Å². The number of aromatic nitrogens is 1. The minimum atomic E-state index is -3.29. The second-order valence-electron chi connectivity index (χ2n) is 6.28. The zero-order valence-electron chi connectivity index (χ0n) is 13.8. The van der Waals surface area contributed by atoms with Gasteiger partial charge in [-0.05, 0) is 43.6 Å². The second kappa shape index (κ2) is 7.39. The van der Waals surface area contributed by atoms with E-state index in [2.05, 4.69) is 25.8 Å². The van der Waals surface area contributed by atoms with E-state index in [1.807, 2.05) is 12.1 Å². The first-order chi connectivity index (χ1) is 11.8. The van der Waals surface area contributed by atoms with Gasteiger partial charge in [0, 0.05) is 23.2 Å². The number of benzene rings is 1. The largest absolute Gasteiger partial charge is 0.442 e. The van der Waals surface area contributed by atoms with Gasteiger partial charge in [0.05, 0.1) is 11.1 Å². The van der Waals surface area contributed by atoms with E-state index in [4.69, 9.17) is 4.42 Å². The van der Waals surface area contributed by atoms with Gasteiger partial charge in [-0.3, -0.25) is 9.69 Å². The van der Waals surface area contributed by atoms with Gasteiger partial charge in [-0.2, -0.15) is 0 Å². The minimum absolute atomic E-state index is 0.0508. The van der Waals surface area contributed by atoms with Crippen LogP contribution in [0.2, 0.25) is 0 Å². The zero-order chi connectivity index (χ0) is 18.0. The average molecular weight is 427 g/mol. The number of Topliss-reactive ketones (excluding diaryl/α,β-unsaturated/α-hetero) is 1. The molecule has 0 atom stereocenters. The quantitative estimate of drug-likeness (QED) is 0.683. The Kier molecular flexibility index (Phi) is 5.41. The molecule has 2 aromatic rings. The van der Waals surface area contributed by atoms with Crippen LogP contribution < -0.4 is 0 Å². The number of carbonyl (C=O) groups is 1. The molecule has 1 aromatic heterocycles. The standard InChI is InChI=1S/C17H19BrN2O4S/c1-25(22,23)15-10-14(18)3-2-13(15)11-20-7-4-12(5-8-20)16(21)17-19-6-9-24-17/h2-3,6,9-10,12H,4-5,7-8,11H2,1H3. The van der Waals surface area contributed by atoms with Gasteiger partial charge in [0.25, 0.3) is 5.89 Å². The Morgan fingerprint density at radius 3 is 2.68 bits per heavy atom. The Labute approximate surface area is 155 Å². The Morgan fingerprint density at radius 1 is 1.36 bits per heavy atom. The third-order valence-corrected chi connectivity index (χ3v) is 6.10. The van der Waals surface area contributed by atoms with Gasteiger partial charge < -0.3 is 4.42 Å². The number of carbonyl (C=O) groups excluding carboxylic acids is 1.